The van der Waals surface area contributed by atoms with Crippen molar-refractivity contribution in [2.24, 2.45) is 11.8 Å². The monoisotopic (exact) mass is 301 g/mol. The van der Waals surface area contributed by atoms with Crippen molar-refractivity contribution < 1.29 is 17.9 Å². The maximum absolute atomic E-state index is 12.1. The number of hydrogen-bond donors (Lipinski definition) is 1. The molecular formula is C16H22F3NO. The van der Waals surface area contributed by atoms with Gasteiger partial charge in [0.15, 0.2) is 0 Å². The molecule has 21 heavy (non-hydrogen) atoms. The van der Waals surface area contributed by atoms with Crippen LogP contribution < -0.4 is 10.1 Å². The number of rotatable bonds is 5. The minimum Gasteiger partial charge on any atom is -0.406 e. The van der Waals surface area contributed by atoms with Crippen LogP contribution in [0.25, 0.3) is 0 Å². The van der Waals surface area contributed by atoms with Gasteiger partial charge in [0.05, 0.1) is 0 Å². The van der Waals surface area contributed by atoms with Crippen LogP contribution >= 0.6 is 0 Å². The van der Waals surface area contributed by atoms with Crippen molar-refractivity contribution in [3.63, 3.8) is 0 Å². The summed E-state index contributed by atoms with van der Waals surface area (Å²) in [5, 5.41) is 3.50. The zero-order valence-electron chi connectivity index (χ0n) is 12.4. The van der Waals surface area contributed by atoms with Gasteiger partial charge < -0.3 is 10.1 Å². The zero-order valence-corrected chi connectivity index (χ0v) is 12.4. The molecule has 1 aliphatic rings. The van der Waals surface area contributed by atoms with Gasteiger partial charge in [-0.05, 0) is 55.3 Å². The molecule has 0 amide bonds. The second-order valence-corrected chi connectivity index (χ2v) is 5.76. The fraction of sp³-hybridized carbons (Fsp3) is 0.625. The van der Waals surface area contributed by atoms with Gasteiger partial charge in [0.1, 0.15) is 5.75 Å². The van der Waals surface area contributed by atoms with E-state index in [0.717, 1.165) is 18.5 Å². The second-order valence-electron chi connectivity index (χ2n) is 5.76. The molecule has 2 nitrogen and oxygen atoms in total. The molecule has 1 N–H and O–H groups in total. The SMILES string of the molecule is CCNC1CCC(Cc2ccc(OC(F)(F)F)cc2)C1C. The Balaban J connectivity index is 1.92. The number of halogens is 3. The lowest BCUT2D eigenvalue weighted by atomic mass is 9.89. The molecule has 3 unspecified atom stereocenters. The van der Waals surface area contributed by atoms with Crippen LogP contribution in [0.2, 0.25) is 0 Å². The van der Waals surface area contributed by atoms with E-state index < -0.39 is 6.36 Å². The normalized spacial score (nSPS) is 26.0. The summed E-state index contributed by atoms with van der Waals surface area (Å²) in [5.41, 5.74) is 1.07. The largest absolute Gasteiger partial charge is 0.573 e. The predicted molar refractivity (Wildman–Crippen MR) is 76.2 cm³/mol. The fourth-order valence-corrected chi connectivity index (χ4v) is 3.22. The minimum atomic E-state index is -4.62. The molecule has 0 saturated heterocycles. The summed E-state index contributed by atoms with van der Waals surface area (Å²) in [6.07, 6.45) is -1.37. The molecule has 0 aromatic heterocycles. The minimum absolute atomic E-state index is 0.156. The second kappa shape index (κ2) is 6.69. The van der Waals surface area contributed by atoms with Crippen molar-refractivity contribution in [2.45, 2.75) is 45.5 Å². The van der Waals surface area contributed by atoms with E-state index in [-0.39, 0.29) is 5.75 Å². The van der Waals surface area contributed by atoms with Gasteiger partial charge in [0, 0.05) is 6.04 Å². The zero-order chi connectivity index (χ0) is 15.5. The molecule has 118 valence electrons. The molecule has 0 aliphatic heterocycles. The highest BCUT2D eigenvalue weighted by molar-refractivity contribution is 5.28. The molecule has 1 saturated carbocycles. The maximum Gasteiger partial charge on any atom is 0.573 e. The summed E-state index contributed by atoms with van der Waals surface area (Å²) < 4.78 is 40.2. The highest BCUT2D eigenvalue weighted by atomic mass is 19.4. The summed E-state index contributed by atoms with van der Waals surface area (Å²) in [7, 11) is 0. The Bertz CT molecular complexity index is 444. The van der Waals surface area contributed by atoms with Gasteiger partial charge in [-0.1, -0.05) is 26.0 Å². The van der Waals surface area contributed by atoms with E-state index >= 15 is 0 Å². The van der Waals surface area contributed by atoms with Crippen molar-refractivity contribution in [3.05, 3.63) is 29.8 Å². The first-order valence-corrected chi connectivity index (χ1v) is 7.47. The third kappa shape index (κ3) is 4.63. The van der Waals surface area contributed by atoms with Gasteiger partial charge in [-0.2, -0.15) is 0 Å². The Kier molecular flexibility index (Phi) is 5.14. The van der Waals surface area contributed by atoms with E-state index in [9.17, 15) is 13.2 Å². The lowest BCUT2D eigenvalue weighted by Gasteiger charge is -2.21. The lowest BCUT2D eigenvalue weighted by molar-refractivity contribution is -0.274. The molecule has 0 spiro atoms. The van der Waals surface area contributed by atoms with Crippen molar-refractivity contribution in [1.82, 2.24) is 5.32 Å². The van der Waals surface area contributed by atoms with Gasteiger partial charge in [-0.25, -0.2) is 0 Å². The van der Waals surface area contributed by atoms with E-state index in [4.69, 9.17) is 0 Å². The Labute approximate surface area is 123 Å². The number of alkyl halides is 3. The van der Waals surface area contributed by atoms with Crippen molar-refractivity contribution in [2.75, 3.05) is 6.54 Å². The van der Waals surface area contributed by atoms with Crippen molar-refractivity contribution >= 4 is 0 Å². The van der Waals surface area contributed by atoms with E-state index in [2.05, 4.69) is 23.9 Å². The Morgan fingerprint density at radius 1 is 1.19 bits per heavy atom. The Morgan fingerprint density at radius 3 is 2.43 bits per heavy atom. The standard InChI is InChI=1S/C16H22F3NO/c1-3-20-15-9-6-13(11(15)2)10-12-4-7-14(8-5-12)21-16(17,18)19/h4-5,7-8,11,13,15,20H,3,6,9-10H2,1-2H3. The average molecular weight is 301 g/mol. The Morgan fingerprint density at radius 2 is 1.86 bits per heavy atom. The van der Waals surface area contributed by atoms with E-state index in [1.165, 1.54) is 25.0 Å². The third-order valence-electron chi connectivity index (χ3n) is 4.35. The number of benzene rings is 1. The first kappa shape index (κ1) is 16.1. The molecular weight excluding hydrogens is 279 g/mol. The van der Waals surface area contributed by atoms with Crippen molar-refractivity contribution in [1.29, 1.82) is 0 Å². The van der Waals surface area contributed by atoms with Gasteiger partial charge in [-0.15, -0.1) is 13.2 Å². The van der Waals surface area contributed by atoms with Crippen LogP contribution in [0, 0.1) is 11.8 Å². The number of hydrogen-bond acceptors (Lipinski definition) is 2. The first-order valence-electron chi connectivity index (χ1n) is 7.47. The summed E-state index contributed by atoms with van der Waals surface area (Å²) in [6, 6.07) is 6.81. The van der Waals surface area contributed by atoms with Crippen LogP contribution in [0.15, 0.2) is 24.3 Å². The van der Waals surface area contributed by atoms with Gasteiger partial charge in [0.25, 0.3) is 0 Å². The molecule has 1 fully saturated rings. The summed E-state index contributed by atoms with van der Waals surface area (Å²) in [6.45, 7) is 5.34. The van der Waals surface area contributed by atoms with Crippen LogP contribution in [-0.2, 0) is 6.42 Å². The fourth-order valence-electron chi connectivity index (χ4n) is 3.22. The summed E-state index contributed by atoms with van der Waals surface area (Å²) in [5.74, 6) is 1.02. The molecule has 1 aliphatic carbocycles. The van der Waals surface area contributed by atoms with Crippen LogP contribution in [0.3, 0.4) is 0 Å². The molecule has 5 heteroatoms. The van der Waals surface area contributed by atoms with Crippen LogP contribution in [-0.4, -0.2) is 18.9 Å². The molecule has 1 aromatic rings. The van der Waals surface area contributed by atoms with Gasteiger partial charge in [0.2, 0.25) is 0 Å². The highest BCUT2D eigenvalue weighted by Gasteiger charge is 2.32. The average Bonchev–Trinajstić information content (AvgIpc) is 2.73. The summed E-state index contributed by atoms with van der Waals surface area (Å²) in [4.78, 5) is 0. The lowest BCUT2D eigenvalue weighted by Crippen LogP contribution is -2.32. The molecule has 3 atom stereocenters. The topological polar surface area (TPSA) is 21.3 Å². The van der Waals surface area contributed by atoms with Crippen molar-refractivity contribution in [3.8, 4) is 5.75 Å². The first-order chi connectivity index (χ1) is 9.89. The molecule has 1 aromatic carbocycles. The molecule has 0 heterocycles. The molecule has 0 radical (unpaired) electrons. The van der Waals surface area contributed by atoms with Crippen LogP contribution in [0.5, 0.6) is 5.75 Å². The van der Waals surface area contributed by atoms with Gasteiger partial charge >= 0.3 is 6.36 Å². The van der Waals surface area contributed by atoms with Crippen LogP contribution in [0.4, 0.5) is 13.2 Å². The Hall–Kier alpha value is -1.23. The highest BCUT2D eigenvalue weighted by Crippen LogP contribution is 2.34. The maximum atomic E-state index is 12.1. The quantitative estimate of drug-likeness (QED) is 0.882. The number of ether oxygens (including phenoxy) is 1. The van der Waals surface area contributed by atoms with E-state index in [1.54, 1.807) is 12.1 Å². The summed E-state index contributed by atoms with van der Waals surface area (Å²) >= 11 is 0. The molecule has 2 rings (SSSR count). The number of nitrogens with one attached hydrogen (secondary N) is 1. The van der Waals surface area contributed by atoms with Crippen LogP contribution in [0.1, 0.15) is 32.3 Å². The predicted octanol–water partition coefficient (Wildman–Crippen LogP) is 4.15. The van der Waals surface area contributed by atoms with E-state index in [1.807, 2.05) is 0 Å². The smallest absolute Gasteiger partial charge is 0.406 e. The third-order valence-corrected chi connectivity index (χ3v) is 4.35. The van der Waals surface area contributed by atoms with E-state index in [0.29, 0.717) is 17.9 Å². The van der Waals surface area contributed by atoms with Gasteiger partial charge in [-0.3, -0.25) is 0 Å². The molecule has 0 bridgehead atoms.